The fraction of sp³-hybridized carbons (Fsp3) is 0.409. The summed E-state index contributed by atoms with van der Waals surface area (Å²) in [7, 11) is -3.65. The van der Waals surface area contributed by atoms with Gasteiger partial charge in [0.2, 0.25) is 5.91 Å². The van der Waals surface area contributed by atoms with Gasteiger partial charge in [0.25, 0.3) is 10.0 Å². The first-order valence-corrected chi connectivity index (χ1v) is 11.4. The Bertz CT molecular complexity index is 1050. The Balaban J connectivity index is 1.61. The minimum absolute atomic E-state index is 0.0908. The zero-order valence-corrected chi connectivity index (χ0v) is 16.8. The summed E-state index contributed by atoms with van der Waals surface area (Å²) in [4.78, 5) is 14.8. The fourth-order valence-corrected chi connectivity index (χ4v) is 6.90. The molecule has 0 bridgehead atoms. The Morgan fingerprint density at radius 3 is 2.61 bits per heavy atom. The number of para-hydroxylation sites is 1. The zero-order valence-electron chi connectivity index (χ0n) is 16.0. The van der Waals surface area contributed by atoms with Crippen LogP contribution in [0.5, 0.6) is 0 Å². The number of amides is 1. The maximum atomic E-state index is 13.5. The van der Waals surface area contributed by atoms with Crippen molar-refractivity contribution in [1.82, 2.24) is 4.90 Å². The lowest BCUT2D eigenvalue weighted by Gasteiger charge is -2.38. The SMILES string of the molecule is Cc1ccc(S(=O)(=O)N2C[C@]3(CCN4C(=O)CCC[C@@H]43)c3ccccc32)cc1. The van der Waals surface area contributed by atoms with Gasteiger partial charge < -0.3 is 4.90 Å². The van der Waals surface area contributed by atoms with Crippen LogP contribution >= 0.6 is 0 Å². The highest BCUT2D eigenvalue weighted by Crippen LogP contribution is 2.53. The third kappa shape index (κ3) is 2.37. The van der Waals surface area contributed by atoms with Crippen LogP contribution in [-0.4, -0.2) is 38.4 Å². The molecule has 1 spiro atoms. The van der Waals surface area contributed by atoms with Crippen molar-refractivity contribution in [2.24, 2.45) is 0 Å². The standard InChI is InChI=1S/C22H24N2O3S/c1-16-9-11-17(12-10-16)28(26,27)24-15-22(18-5-2-3-6-19(18)24)13-14-23-20(22)7-4-8-21(23)25/h2-3,5-6,9-12,20H,4,7-8,13-15H2,1H3/t20-,22-/m1/s1. The van der Waals surface area contributed by atoms with Crippen molar-refractivity contribution in [3.8, 4) is 0 Å². The van der Waals surface area contributed by atoms with E-state index in [-0.39, 0.29) is 17.4 Å². The number of carbonyl (C=O) groups excluding carboxylic acids is 1. The lowest BCUT2D eigenvalue weighted by Crippen LogP contribution is -2.50. The van der Waals surface area contributed by atoms with Crippen LogP contribution in [0.1, 0.15) is 36.8 Å². The molecule has 2 atom stereocenters. The Kier molecular flexibility index (Phi) is 3.85. The highest BCUT2D eigenvalue weighted by Gasteiger charge is 2.57. The minimum atomic E-state index is -3.65. The molecule has 5 rings (SSSR count). The van der Waals surface area contributed by atoms with Crippen molar-refractivity contribution in [2.75, 3.05) is 17.4 Å². The van der Waals surface area contributed by atoms with Gasteiger partial charge in [0, 0.05) is 31.0 Å². The molecule has 2 fully saturated rings. The third-order valence-electron chi connectivity index (χ3n) is 6.75. The smallest absolute Gasteiger partial charge is 0.264 e. The summed E-state index contributed by atoms with van der Waals surface area (Å²) < 4.78 is 28.6. The van der Waals surface area contributed by atoms with E-state index < -0.39 is 10.0 Å². The molecule has 2 aromatic rings. The van der Waals surface area contributed by atoms with Gasteiger partial charge in [-0.2, -0.15) is 0 Å². The summed E-state index contributed by atoms with van der Waals surface area (Å²) in [5.74, 6) is 0.213. The van der Waals surface area contributed by atoms with Crippen molar-refractivity contribution in [2.45, 2.75) is 49.0 Å². The number of rotatable bonds is 2. The Morgan fingerprint density at radius 2 is 1.82 bits per heavy atom. The first kappa shape index (κ1) is 17.7. The second-order valence-electron chi connectivity index (χ2n) is 8.24. The first-order valence-electron chi connectivity index (χ1n) is 9.92. The predicted molar refractivity (Wildman–Crippen MR) is 108 cm³/mol. The number of anilines is 1. The van der Waals surface area contributed by atoms with E-state index in [1.54, 1.807) is 16.4 Å². The molecule has 146 valence electrons. The van der Waals surface area contributed by atoms with E-state index in [0.717, 1.165) is 42.6 Å². The molecule has 3 aliphatic heterocycles. The fourth-order valence-electron chi connectivity index (χ4n) is 5.35. The molecule has 0 unspecified atom stereocenters. The second-order valence-corrected chi connectivity index (χ2v) is 10.1. The average Bonchev–Trinajstić information content (AvgIpc) is 3.24. The molecular weight excluding hydrogens is 372 g/mol. The molecular formula is C22H24N2O3S. The number of aryl methyl sites for hydroxylation is 1. The minimum Gasteiger partial charge on any atom is -0.339 e. The molecule has 2 aromatic carbocycles. The van der Waals surface area contributed by atoms with E-state index in [0.29, 0.717) is 17.9 Å². The molecule has 0 radical (unpaired) electrons. The topological polar surface area (TPSA) is 57.7 Å². The number of nitrogens with zero attached hydrogens (tertiary/aromatic N) is 2. The Hall–Kier alpha value is -2.34. The van der Waals surface area contributed by atoms with E-state index in [1.165, 1.54) is 0 Å². The summed E-state index contributed by atoms with van der Waals surface area (Å²) >= 11 is 0. The van der Waals surface area contributed by atoms with Gasteiger partial charge in [-0.25, -0.2) is 8.42 Å². The molecule has 28 heavy (non-hydrogen) atoms. The van der Waals surface area contributed by atoms with Gasteiger partial charge in [0.1, 0.15) is 0 Å². The number of hydrogen-bond acceptors (Lipinski definition) is 3. The van der Waals surface area contributed by atoms with E-state index in [9.17, 15) is 13.2 Å². The number of hydrogen-bond donors (Lipinski definition) is 0. The molecule has 2 saturated heterocycles. The Morgan fingerprint density at radius 1 is 1.07 bits per heavy atom. The van der Waals surface area contributed by atoms with Gasteiger partial charge in [-0.15, -0.1) is 0 Å². The average molecular weight is 397 g/mol. The van der Waals surface area contributed by atoms with Crippen LogP contribution in [0.15, 0.2) is 53.4 Å². The molecule has 3 aliphatic rings. The normalized spacial score (nSPS) is 26.6. The van der Waals surface area contributed by atoms with Gasteiger partial charge in [0.05, 0.1) is 10.6 Å². The number of sulfonamides is 1. The molecule has 6 heteroatoms. The number of fused-ring (bicyclic) bond motifs is 4. The predicted octanol–water partition coefficient (Wildman–Crippen LogP) is 3.23. The third-order valence-corrected chi connectivity index (χ3v) is 8.52. The monoisotopic (exact) mass is 396 g/mol. The maximum Gasteiger partial charge on any atom is 0.264 e. The first-order chi connectivity index (χ1) is 13.4. The maximum absolute atomic E-state index is 13.5. The lowest BCUT2D eigenvalue weighted by atomic mass is 9.73. The summed E-state index contributed by atoms with van der Waals surface area (Å²) in [6.45, 7) is 3.08. The van der Waals surface area contributed by atoms with Crippen molar-refractivity contribution >= 4 is 21.6 Å². The van der Waals surface area contributed by atoms with E-state index in [4.69, 9.17) is 0 Å². The Labute approximate surface area is 166 Å². The van der Waals surface area contributed by atoms with Crippen LogP contribution in [0.25, 0.3) is 0 Å². The van der Waals surface area contributed by atoms with Gasteiger partial charge in [0.15, 0.2) is 0 Å². The lowest BCUT2D eigenvalue weighted by molar-refractivity contribution is -0.135. The quantitative estimate of drug-likeness (QED) is 0.783. The summed E-state index contributed by atoms with van der Waals surface area (Å²) in [6.07, 6.45) is 3.26. The highest BCUT2D eigenvalue weighted by atomic mass is 32.2. The van der Waals surface area contributed by atoms with Crippen LogP contribution in [0, 0.1) is 6.92 Å². The van der Waals surface area contributed by atoms with Gasteiger partial charge in [-0.3, -0.25) is 9.10 Å². The summed E-state index contributed by atoms with van der Waals surface area (Å²) in [6, 6.07) is 15.0. The molecule has 0 aliphatic carbocycles. The summed E-state index contributed by atoms with van der Waals surface area (Å²) in [5, 5.41) is 0. The van der Waals surface area contributed by atoms with Crippen molar-refractivity contribution in [1.29, 1.82) is 0 Å². The number of piperidine rings is 1. The van der Waals surface area contributed by atoms with E-state index >= 15 is 0 Å². The number of carbonyl (C=O) groups is 1. The largest absolute Gasteiger partial charge is 0.339 e. The molecule has 0 aromatic heterocycles. The van der Waals surface area contributed by atoms with Crippen LogP contribution < -0.4 is 4.31 Å². The molecule has 3 heterocycles. The van der Waals surface area contributed by atoms with Gasteiger partial charge in [-0.1, -0.05) is 35.9 Å². The number of benzene rings is 2. The molecule has 5 nitrogen and oxygen atoms in total. The van der Waals surface area contributed by atoms with Crippen LogP contribution in [0.3, 0.4) is 0 Å². The van der Waals surface area contributed by atoms with E-state index in [1.807, 2.05) is 42.2 Å². The van der Waals surface area contributed by atoms with Crippen LogP contribution in [0.2, 0.25) is 0 Å². The van der Waals surface area contributed by atoms with Crippen molar-refractivity contribution in [3.05, 3.63) is 59.7 Å². The van der Waals surface area contributed by atoms with Crippen LogP contribution in [-0.2, 0) is 20.2 Å². The van der Waals surface area contributed by atoms with E-state index in [2.05, 4.69) is 6.07 Å². The zero-order chi connectivity index (χ0) is 19.5. The summed E-state index contributed by atoms with van der Waals surface area (Å²) in [5.41, 5.74) is 2.57. The van der Waals surface area contributed by atoms with Crippen molar-refractivity contribution < 1.29 is 13.2 Å². The molecule has 1 amide bonds. The second kappa shape index (κ2) is 6.08. The van der Waals surface area contributed by atoms with Gasteiger partial charge >= 0.3 is 0 Å². The molecule has 0 saturated carbocycles. The van der Waals surface area contributed by atoms with Crippen LogP contribution in [0.4, 0.5) is 5.69 Å². The van der Waals surface area contributed by atoms with Crippen molar-refractivity contribution in [3.63, 3.8) is 0 Å². The highest BCUT2D eigenvalue weighted by molar-refractivity contribution is 7.92. The molecule has 0 N–H and O–H groups in total. The van der Waals surface area contributed by atoms with Gasteiger partial charge in [-0.05, 0) is 49.9 Å².